The fraction of sp³-hybridized carbons (Fsp3) is 0.111. The molecule has 0 saturated carbocycles. The number of nitriles is 1. The topological polar surface area (TPSA) is 109 Å². The largest absolute Gasteiger partial charge is 0.493 e. The molecule has 7 heteroatoms. The third kappa shape index (κ3) is 4.65. The minimum Gasteiger partial charge on any atom is -0.493 e. The van der Waals surface area contributed by atoms with Gasteiger partial charge in [-0.15, -0.1) is 0 Å². The zero-order valence-electron chi connectivity index (χ0n) is 13.9. The third-order valence-corrected chi connectivity index (χ3v) is 3.30. The number of nitrogens with two attached hydrogens (primary N) is 1. The number of benzene rings is 2. The van der Waals surface area contributed by atoms with Gasteiger partial charge in [0.05, 0.1) is 14.2 Å². The van der Waals surface area contributed by atoms with Gasteiger partial charge in [-0.1, -0.05) is 0 Å². The number of carbonyl (C=O) groups excluding carboxylic acids is 1. The summed E-state index contributed by atoms with van der Waals surface area (Å²) in [5.41, 5.74) is 7.30. The Hall–Kier alpha value is -3.66. The second-order valence-corrected chi connectivity index (χ2v) is 4.96. The molecule has 0 aliphatic heterocycles. The lowest BCUT2D eigenvalue weighted by Crippen LogP contribution is -2.14. The van der Waals surface area contributed by atoms with Gasteiger partial charge in [-0.2, -0.15) is 5.26 Å². The predicted molar refractivity (Wildman–Crippen MR) is 96.3 cm³/mol. The summed E-state index contributed by atoms with van der Waals surface area (Å²) in [6.07, 6.45) is 1.33. The van der Waals surface area contributed by atoms with Crippen molar-refractivity contribution in [1.82, 2.24) is 0 Å². The van der Waals surface area contributed by atoms with Crippen LogP contribution >= 0.6 is 0 Å². The molecular formula is C18H18N4O3. The Morgan fingerprint density at radius 2 is 1.72 bits per heavy atom. The second kappa shape index (κ2) is 8.26. The van der Waals surface area contributed by atoms with Crippen LogP contribution in [0.25, 0.3) is 0 Å². The van der Waals surface area contributed by atoms with E-state index in [9.17, 15) is 10.1 Å². The van der Waals surface area contributed by atoms with E-state index in [-0.39, 0.29) is 5.57 Å². The minimum atomic E-state index is -0.528. The summed E-state index contributed by atoms with van der Waals surface area (Å²) < 4.78 is 10.4. The molecule has 0 aliphatic rings. The lowest BCUT2D eigenvalue weighted by Gasteiger charge is -2.10. The van der Waals surface area contributed by atoms with E-state index in [2.05, 4.69) is 10.6 Å². The molecule has 2 rings (SSSR count). The molecule has 128 valence electrons. The van der Waals surface area contributed by atoms with Gasteiger partial charge in [0.2, 0.25) is 0 Å². The first kappa shape index (κ1) is 17.7. The van der Waals surface area contributed by atoms with Gasteiger partial charge in [0, 0.05) is 29.3 Å². The smallest absolute Gasteiger partial charge is 0.267 e. The lowest BCUT2D eigenvalue weighted by atomic mass is 10.2. The van der Waals surface area contributed by atoms with Crippen molar-refractivity contribution < 1.29 is 14.3 Å². The van der Waals surface area contributed by atoms with Crippen LogP contribution in [-0.4, -0.2) is 20.1 Å². The van der Waals surface area contributed by atoms with E-state index in [4.69, 9.17) is 15.2 Å². The molecule has 0 radical (unpaired) electrons. The molecular weight excluding hydrogens is 320 g/mol. The van der Waals surface area contributed by atoms with Crippen molar-refractivity contribution in [1.29, 1.82) is 5.26 Å². The summed E-state index contributed by atoms with van der Waals surface area (Å²) in [5.74, 6) is 0.588. The first-order chi connectivity index (χ1) is 12.1. The second-order valence-electron chi connectivity index (χ2n) is 4.96. The number of hydrogen-bond acceptors (Lipinski definition) is 6. The third-order valence-electron chi connectivity index (χ3n) is 3.30. The Morgan fingerprint density at radius 1 is 1.08 bits per heavy atom. The standard InChI is InChI=1S/C18H18N4O3/c1-24-16-8-7-15(9-17(16)25-2)21-11-12(10-19)18(23)22-14-5-3-13(20)4-6-14/h3-9,11,21H,20H2,1-2H3,(H,22,23)/b12-11-. The van der Waals surface area contributed by atoms with E-state index in [1.54, 1.807) is 49.6 Å². The van der Waals surface area contributed by atoms with Gasteiger partial charge in [-0.3, -0.25) is 4.79 Å². The lowest BCUT2D eigenvalue weighted by molar-refractivity contribution is -0.112. The Balaban J connectivity index is 2.10. The number of amides is 1. The van der Waals surface area contributed by atoms with Crippen molar-refractivity contribution in [2.75, 3.05) is 30.6 Å². The van der Waals surface area contributed by atoms with Crippen LogP contribution in [0.15, 0.2) is 54.2 Å². The minimum absolute atomic E-state index is 0.0772. The fourth-order valence-electron chi connectivity index (χ4n) is 1.99. The summed E-state index contributed by atoms with van der Waals surface area (Å²) >= 11 is 0. The molecule has 0 saturated heterocycles. The van der Waals surface area contributed by atoms with E-state index in [0.29, 0.717) is 28.6 Å². The molecule has 7 nitrogen and oxygen atoms in total. The number of nitrogens with zero attached hydrogens (tertiary/aromatic N) is 1. The van der Waals surface area contributed by atoms with Crippen LogP contribution < -0.4 is 25.8 Å². The van der Waals surface area contributed by atoms with E-state index in [1.165, 1.54) is 13.3 Å². The molecule has 2 aromatic carbocycles. The van der Waals surface area contributed by atoms with Crippen molar-refractivity contribution in [3.05, 3.63) is 54.2 Å². The van der Waals surface area contributed by atoms with Gasteiger partial charge in [-0.25, -0.2) is 0 Å². The SMILES string of the molecule is COc1ccc(N/C=C(/C#N)C(=O)Nc2ccc(N)cc2)cc1OC. The zero-order chi connectivity index (χ0) is 18.2. The average molecular weight is 338 g/mol. The van der Waals surface area contributed by atoms with Crippen molar-refractivity contribution in [2.45, 2.75) is 0 Å². The number of nitrogens with one attached hydrogen (secondary N) is 2. The van der Waals surface area contributed by atoms with Gasteiger partial charge < -0.3 is 25.8 Å². The number of rotatable bonds is 6. The Labute approximate surface area is 145 Å². The average Bonchev–Trinajstić information content (AvgIpc) is 2.63. The number of ether oxygens (including phenoxy) is 2. The number of hydrogen-bond donors (Lipinski definition) is 3. The highest BCUT2D eigenvalue weighted by Gasteiger charge is 2.10. The van der Waals surface area contributed by atoms with Crippen molar-refractivity contribution in [3.63, 3.8) is 0 Å². The highest BCUT2D eigenvalue weighted by Crippen LogP contribution is 2.29. The first-order valence-electron chi connectivity index (χ1n) is 7.33. The maximum atomic E-state index is 12.2. The van der Waals surface area contributed by atoms with Crippen LogP contribution in [0.5, 0.6) is 11.5 Å². The molecule has 25 heavy (non-hydrogen) atoms. The van der Waals surface area contributed by atoms with Gasteiger partial charge in [0.15, 0.2) is 11.5 Å². The summed E-state index contributed by atoms with van der Waals surface area (Å²) in [5, 5.41) is 14.7. The molecule has 0 aliphatic carbocycles. The number of nitrogen functional groups attached to an aromatic ring is 1. The van der Waals surface area contributed by atoms with Crippen molar-refractivity contribution in [2.24, 2.45) is 0 Å². The van der Waals surface area contributed by atoms with Gasteiger partial charge in [-0.05, 0) is 36.4 Å². The molecule has 0 aromatic heterocycles. The Bertz CT molecular complexity index is 823. The van der Waals surface area contributed by atoms with Crippen LogP contribution in [0.3, 0.4) is 0 Å². The maximum Gasteiger partial charge on any atom is 0.267 e. The quantitative estimate of drug-likeness (QED) is 0.424. The van der Waals surface area contributed by atoms with Crippen molar-refractivity contribution in [3.8, 4) is 17.6 Å². The maximum absolute atomic E-state index is 12.2. The Morgan fingerprint density at radius 3 is 2.32 bits per heavy atom. The molecule has 1 amide bonds. The van der Waals surface area contributed by atoms with E-state index in [0.717, 1.165) is 0 Å². The summed E-state index contributed by atoms with van der Waals surface area (Å²) in [4.78, 5) is 12.2. The van der Waals surface area contributed by atoms with E-state index >= 15 is 0 Å². The van der Waals surface area contributed by atoms with Gasteiger partial charge in [0.1, 0.15) is 11.6 Å². The van der Waals surface area contributed by atoms with Crippen molar-refractivity contribution >= 4 is 23.0 Å². The van der Waals surface area contributed by atoms with Gasteiger partial charge >= 0.3 is 0 Å². The highest BCUT2D eigenvalue weighted by atomic mass is 16.5. The highest BCUT2D eigenvalue weighted by molar-refractivity contribution is 6.06. The summed E-state index contributed by atoms with van der Waals surface area (Å²) in [7, 11) is 3.07. The molecule has 0 unspecified atom stereocenters. The van der Waals surface area contributed by atoms with Crippen LogP contribution in [0, 0.1) is 11.3 Å². The van der Waals surface area contributed by atoms with Crippen LogP contribution in [-0.2, 0) is 4.79 Å². The fourth-order valence-corrected chi connectivity index (χ4v) is 1.99. The first-order valence-corrected chi connectivity index (χ1v) is 7.33. The van der Waals surface area contributed by atoms with Gasteiger partial charge in [0.25, 0.3) is 5.91 Å². The molecule has 0 bridgehead atoms. The number of methoxy groups -OCH3 is 2. The molecule has 0 heterocycles. The van der Waals surface area contributed by atoms with E-state index in [1.807, 2.05) is 6.07 Å². The summed E-state index contributed by atoms with van der Waals surface area (Å²) in [6.45, 7) is 0. The van der Waals surface area contributed by atoms with Crippen LogP contribution in [0.2, 0.25) is 0 Å². The number of anilines is 3. The summed E-state index contributed by atoms with van der Waals surface area (Å²) in [6, 6.07) is 13.6. The molecule has 0 atom stereocenters. The van der Waals surface area contributed by atoms with E-state index < -0.39 is 5.91 Å². The monoisotopic (exact) mass is 338 g/mol. The molecule has 0 fully saturated rings. The zero-order valence-corrected chi connectivity index (χ0v) is 13.9. The predicted octanol–water partition coefficient (Wildman–Crippen LogP) is 2.74. The molecule has 4 N–H and O–H groups in total. The normalized spacial score (nSPS) is 10.5. The van der Waals surface area contributed by atoms with Crippen LogP contribution in [0.4, 0.5) is 17.1 Å². The Kier molecular flexibility index (Phi) is 5.85. The van der Waals surface area contributed by atoms with Crippen LogP contribution in [0.1, 0.15) is 0 Å². The molecule has 2 aromatic rings. The molecule has 0 spiro atoms. The number of carbonyl (C=O) groups is 1.